The van der Waals surface area contributed by atoms with E-state index in [9.17, 15) is 13.2 Å². The van der Waals surface area contributed by atoms with E-state index in [1.807, 2.05) is 12.3 Å². The molecule has 6 nitrogen and oxygen atoms in total. The number of hydrogen-bond acceptors (Lipinski definition) is 4. The Morgan fingerprint density at radius 2 is 1.67 bits per heavy atom. The topological polar surface area (TPSA) is 101 Å². The lowest BCUT2D eigenvalue weighted by molar-refractivity contribution is 0.0954. The lowest BCUT2D eigenvalue weighted by atomic mass is 10.2. The number of hydrazine groups is 1. The van der Waals surface area contributed by atoms with Gasteiger partial charge in [-0.1, -0.05) is 29.8 Å². The standard InChI is InChI=1S/C14H15N3O3S/c1-10-6-8-11(9-7-10)21(19,20)17-13-5-3-2-4-12(13)14(18)16-15/h2-9,17H,15H2,1H3,(H,16,18). The quantitative estimate of drug-likeness (QED) is 0.451. The van der Waals surface area contributed by atoms with Crippen molar-refractivity contribution >= 4 is 21.6 Å². The minimum atomic E-state index is -3.77. The number of para-hydroxylation sites is 1. The van der Waals surface area contributed by atoms with Gasteiger partial charge in [-0.25, -0.2) is 14.3 Å². The fraction of sp³-hybridized carbons (Fsp3) is 0.0714. The molecule has 0 saturated heterocycles. The molecule has 4 N–H and O–H groups in total. The predicted molar refractivity (Wildman–Crippen MR) is 80.1 cm³/mol. The van der Waals surface area contributed by atoms with E-state index in [2.05, 4.69) is 4.72 Å². The van der Waals surface area contributed by atoms with Crippen molar-refractivity contribution in [1.82, 2.24) is 5.43 Å². The summed E-state index contributed by atoms with van der Waals surface area (Å²) in [6.07, 6.45) is 0. The van der Waals surface area contributed by atoms with Crippen LogP contribution in [0.15, 0.2) is 53.4 Å². The zero-order valence-corrected chi connectivity index (χ0v) is 12.1. The first kappa shape index (κ1) is 15.0. The number of hydrogen-bond donors (Lipinski definition) is 3. The van der Waals surface area contributed by atoms with Crippen molar-refractivity contribution in [3.8, 4) is 0 Å². The zero-order chi connectivity index (χ0) is 15.5. The van der Waals surface area contributed by atoms with Crippen molar-refractivity contribution in [3.05, 3.63) is 59.7 Å². The van der Waals surface area contributed by atoms with Gasteiger partial charge in [-0.05, 0) is 31.2 Å². The van der Waals surface area contributed by atoms with Gasteiger partial charge in [0.05, 0.1) is 16.1 Å². The summed E-state index contributed by atoms with van der Waals surface area (Å²) in [6, 6.07) is 12.6. The highest BCUT2D eigenvalue weighted by molar-refractivity contribution is 7.92. The lowest BCUT2D eigenvalue weighted by Crippen LogP contribution is -2.31. The van der Waals surface area contributed by atoms with Crippen molar-refractivity contribution in [2.24, 2.45) is 5.84 Å². The number of nitrogen functional groups attached to an aromatic ring is 1. The molecule has 110 valence electrons. The maximum atomic E-state index is 12.3. The molecule has 0 fully saturated rings. The number of sulfonamides is 1. The minimum Gasteiger partial charge on any atom is -0.290 e. The van der Waals surface area contributed by atoms with E-state index in [4.69, 9.17) is 5.84 Å². The summed E-state index contributed by atoms with van der Waals surface area (Å²) in [7, 11) is -3.77. The third kappa shape index (κ3) is 3.39. The number of carbonyl (C=O) groups is 1. The van der Waals surface area contributed by atoms with Gasteiger partial charge in [0.15, 0.2) is 0 Å². The maximum absolute atomic E-state index is 12.3. The van der Waals surface area contributed by atoms with Gasteiger partial charge in [0, 0.05) is 0 Å². The minimum absolute atomic E-state index is 0.121. The van der Waals surface area contributed by atoms with E-state index in [-0.39, 0.29) is 16.1 Å². The van der Waals surface area contributed by atoms with Crippen LogP contribution in [0.4, 0.5) is 5.69 Å². The van der Waals surface area contributed by atoms with Crippen LogP contribution < -0.4 is 16.0 Å². The van der Waals surface area contributed by atoms with Crippen molar-refractivity contribution in [2.75, 3.05) is 4.72 Å². The van der Waals surface area contributed by atoms with E-state index in [1.54, 1.807) is 24.3 Å². The Hall–Kier alpha value is -2.38. The number of nitrogens with two attached hydrogens (primary N) is 1. The number of amides is 1. The van der Waals surface area contributed by atoms with Gasteiger partial charge in [0.2, 0.25) is 0 Å². The summed E-state index contributed by atoms with van der Waals surface area (Å²) >= 11 is 0. The van der Waals surface area contributed by atoms with Crippen LogP contribution in [-0.2, 0) is 10.0 Å². The van der Waals surface area contributed by atoms with Crippen LogP contribution in [-0.4, -0.2) is 14.3 Å². The van der Waals surface area contributed by atoms with Crippen LogP contribution in [0.3, 0.4) is 0 Å². The molecule has 0 saturated carbocycles. The highest BCUT2D eigenvalue weighted by Gasteiger charge is 2.17. The third-order valence-electron chi connectivity index (χ3n) is 2.88. The highest BCUT2D eigenvalue weighted by Crippen LogP contribution is 2.20. The van der Waals surface area contributed by atoms with Crippen molar-refractivity contribution in [2.45, 2.75) is 11.8 Å². The first-order valence-electron chi connectivity index (χ1n) is 6.13. The van der Waals surface area contributed by atoms with E-state index >= 15 is 0 Å². The zero-order valence-electron chi connectivity index (χ0n) is 11.3. The number of carbonyl (C=O) groups excluding carboxylic acids is 1. The summed E-state index contributed by atoms with van der Waals surface area (Å²) in [5.74, 6) is 4.52. The second kappa shape index (κ2) is 5.94. The SMILES string of the molecule is Cc1ccc(S(=O)(=O)Nc2ccccc2C(=O)NN)cc1. The van der Waals surface area contributed by atoms with Gasteiger partial charge in [0.1, 0.15) is 0 Å². The summed E-state index contributed by atoms with van der Waals surface area (Å²) in [6.45, 7) is 1.87. The summed E-state index contributed by atoms with van der Waals surface area (Å²) < 4.78 is 27.0. The van der Waals surface area contributed by atoms with Crippen molar-refractivity contribution in [1.29, 1.82) is 0 Å². The predicted octanol–water partition coefficient (Wildman–Crippen LogP) is 1.40. The molecule has 0 aliphatic carbocycles. The Kier molecular flexibility index (Phi) is 4.25. The summed E-state index contributed by atoms with van der Waals surface area (Å²) in [4.78, 5) is 11.8. The maximum Gasteiger partial charge on any atom is 0.267 e. The number of benzene rings is 2. The number of rotatable bonds is 4. The molecule has 0 unspecified atom stereocenters. The summed E-state index contributed by atoms with van der Waals surface area (Å²) in [5, 5.41) is 0. The third-order valence-corrected chi connectivity index (χ3v) is 4.26. The molecule has 0 bridgehead atoms. The molecule has 2 aromatic carbocycles. The Morgan fingerprint density at radius 1 is 1.05 bits per heavy atom. The van der Waals surface area contributed by atoms with Crippen LogP contribution in [0, 0.1) is 6.92 Å². The second-order valence-electron chi connectivity index (χ2n) is 4.44. The Bertz CT molecular complexity index is 755. The van der Waals surface area contributed by atoms with Gasteiger partial charge < -0.3 is 0 Å². The smallest absolute Gasteiger partial charge is 0.267 e. The number of nitrogens with one attached hydrogen (secondary N) is 2. The molecule has 7 heteroatoms. The normalized spacial score (nSPS) is 11.0. The molecule has 1 amide bonds. The summed E-state index contributed by atoms with van der Waals surface area (Å²) in [5.41, 5.74) is 3.25. The van der Waals surface area contributed by atoms with Gasteiger partial charge >= 0.3 is 0 Å². The molecule has 0 spiro atoms. The first-order valence-corrected chi connectivity index (χ1v) is 7.62. The fourth-order valence-corrected chi connectivity index (χ4v) is 2.85. The van der Waals surface area contributed by atoms with Crippen molar-refractivity contribution < 1.29 is 13.2 Å². The van der Waals surface area contributed by atoms with Crippen LogP contribution >= 0.6 is 0 Å². The molecule has 0 aliphatic rings. The van der Waals surface area contributed by atoms with Gasteiger partial charge in [-0.3, -0.25) is 14.9 Å². The van der Waals surface area contributed by atoms with E-state index in [0.717, 1.165) is 5.56 Å². The van der Waals surface area contributed by atoms with E-state index in [0.29, 0.717) is 0 Å². The first-order chi connectivity index (χ1) is 9.94. The Morgan fingerprint density at radius 3 is 2.29 bits per heavy atom. The molecular weight excluding hydrogens is 290 g/mol. The molecular formula is C14H15N3O3S. The van der Waals surface area contributed by atoms with Gasteiger partial charge in [0.25, 0.3) is 15.9 Å². The van der Waals surface area contributed by atoms with E-state index in [1.165, 1.54) is 24.3 Å². The largest absolute Gasteiger partial charge is 0.290 e. The number of aryl methyl sites for hydroxylation is 1. The second-order valence-corrected chi connectivity index (χ2v) is 6.12. The van der Waals surface area contributed by atoms with E-state index < -0.39 is 15.9 Å². The number of anilines is 1. The molecule has 0 heterocycles. The monoisotopic (exact) mass is 305 g/mol. The van der Waals surface area contributed by atoms with Gasteiger partial charge in [-0.15, -0.1) is 0 Å². The molecule has 0 aliphatic heterocycles. The van der Waals surface area contributed by atoms with Crippen LogP contribution in [0.2, 0.25) is 0 Å². The van der Waals surface area contributed by atoms with Crippen LogP contribution in [0.25, 0.3) is 0 Å². The molecule has 2 aromatic rings. The average molecular weight is 305 g/mol. The fourth-order valence-electron chi connectivity index (χ4n) is 1.77. The lowest BCUT2D eigenvalue weighted by Gasteiger charge is -2.11. The van der Waals surface area contributed by atoms with Crippen molar-refractivity contribution in [3.63, 3.8) is 0 Å². The highest BCUT2D eigenvalue weighted by atomic mass is 32.2. The molecule has 0 radical (unpaired) electrons. The molecule has 2 rings (SSSR count). The molecule has 0 atom stereocenters. The molecule has 0 aromatic heterocycles. The average Bonchev–Trinajstić information content (AvgIpc) is 2.47. The van der Waals surface area contributed by atoms with Crippen LogP contribution in [0.5, 0.6) is 0 Å². The Labute approximate surface area is 123 Å². The van der Waals surface area contributed by atoms with Crippen LogP contribution in [0.1, 0.15) is 15.9 Å². The molecule has 21 heavy (non-hydrogen) atoms. The Balaban J connectivity index is 2.37. The van der Waals surface area contributed by atoms with Gasteiger partial charge in [-0.2, -0.15) is 0 Å².